The third-order valence-corrected chi connectivity index (χ3v) is 4.60. The largest absolute Gasteiger partial charge is 0.673 e. The van der Waals surface area contributed by atoms with Gasteiger partial charge in [0.15, 0.2) is 0 Å². The van der Waals surface area contributed by atoms with Crippen molar-refractivity contribution in [2.24, 2.45) is 0 Å². The van der Waals surface area contributed by atoms with E-state index in [2.05, 4.69) is 4.99 Å². The average molecular weight is 489 g/mol. The van der Waals surface area contributed by atoms with Gasteiger partial charge in [-0.3, -0.25) is 0 Å². The van der Waals surface area contributed by atoms with Gasteiger partial charge in [-0.15, -0.1) is 0 Å². The number of hydrogen-bond donors (Lipinski definition) is 1. The summed E-state index contributed by atoms with van der Waals surface area (Å²) < 4.78 is 45.1. The molecule has 0 spiro atoms. The quantitative estimate of drug-likeness (QED) is 0.248. The Balaban J connectivity index is 0.000000491. The zero-order chi connectivity index (χ0) is 22.6. The first-order valence-electron chi connectivity index (χ1n) is 8.81. The lowest BCUT2D eigenvalue weighted by atomic mass is 10.1. The zero-order valence-electron chi connectivity index (χ0n) is 15.6. The zero-order valence-corrected chi connectivity index (χ0v) is 17.8. The van der Waals surface area contributed by atoms with Crippen LogP contribution in [0.1, 0.15) is 0 Å². The van der Waals surface area contributed by atoms with Gasteiger partial charge < -0.3 is 21.7 Å². The Kier molecular flexibility index (Phi) is 7.31. The van der Waals surface area contributed by atoms with Crippen LogP contribution in [-0.2, 0) is 0 Å². The molecule has 0 aliphatic carbocycles. The van der Waals surface area contributed by atoms with Gasteiger partial charge in [0.25, 0.3) is 0 Å². The van der Waals surface area contributed by atoms with E-state index < -0.39 is 7.25 Å². The first-order valence-corrected chi connectivity index (χ1v) is 9.94. The fraction of sp³-hybridized carbons (Fsp3) is 0. The fourth-order valence-electron chi connectivity index (χ4n) is 2.79. The summed E-state index contributed by atoms with van der Waals surface area (Å²) in [4.78, 5) is 3.38. The van der Waals surface area contributed by atoms with Crippen molar-refractivity contribution in [3.8, 4) is 11.3 Å². The predicted molar refractivity (Wildman–Crippen MR) is 117 cm³/mol. The molecule has 0 saturated carbocycles. The van der Waals surface area contributed by atoms with E-state index in [-0.39, 0.29) is 0 Å². The molecule has 10 heteroatoms. The molecule has 0 unspecified atom stereocenters. The maximum Gasteiger partial charge on any atom is 0.673 e. The van der Waals surface area contributed by atoms with Crippen LogP contribution < -0.4 is 10.3 Å². The molecular formula is C21H13BCl3F4NO. The molecule has 0 bridgehead atoms. The Morgan fingerprint density at radius 2 is 1.32 bits per heavy atom. The van der Waals surface area contributed by atoms with Crippen molar-refractivity contribution < 1.29 is 26.7 Å². The van der Waals surface area contributed by atoms with Crippen LogP contribution in [0.2, 0.25) is 15.1 Å². The van der Waals surface area contributed by atoms with E-state index >= 15 is 0 Å². The number of rotatable bonds is 2. The SMILES string of the molecule is Clc1cc(Cl)cc([NH+]=c2cc(-c3ccccc3)oc3ccc(Cl)cc23)c1.F[B-](F)(F)F. The molecule has 160 valence electrons. The van der Waals surface area contributed by atoms with E-state index in [0.717, 1.165) is 33.3 Å². The first kappa shape index (κ1) is 23.2. The Morgan fingerprint density at radius 1 is 0.710 bits per heavy atom. The van der Waals surface area contributed by atoms with Crippen molar-refractivity contribution in [1.82, 2.24) is 0 Å². The van der Waals surface area contributed by atoms with Crippen molar-refractivity contribution in [1.29, 1.82) is 0 Å². The van der Waals surface area contributed by atoms with Crippen molar-refractivity contribution in [3.05, 3.63) is 93.2 Å². The van der Waals surface area contributed by atoms with Crippen molar-refractivity contribution >= 4 is 58.7 Å². The fourth-order valence-corrected chi connectivity index (χ4v) is 3.49. The minimum atomic E-state index is -6.00. The topological polar surface area (TPSA) is 27.1 Å². The number of hydrogen-bond acceptors (Lipinski definition) is 1. The summed E-state index contributed by atoms with van der Waals surface area (Å²) >= 11 is 18.4. The van der Waals surface area contributed by atoms with Crippen molar-refractivity contribution in [2.45, 2.75) is 0 Å². The molecule has 31 heavy (non-hydrogen) atoms. The molecule has 1 heterocycles. The van der Waals surface area contributed by atoms with Gasteiger partial charge in [-0.25, -0.2) is 4.99 Å². The second kappa shape index (κ2) is 9.77. The van der Waals surface area contributed by atoms with E-state index in [4.69, 9.17) is 39.2 Å². The van der Waals surface area contributed by atoms with Crippen molar-refractivity contribution in [2.75, 3.05) is 0 Å². The van der Waals surface area contributed by atoms with Crippen LogP contribution >= 0.6 is 34.8 Å². The lowest BCUT2D eigenvalue weighted by Crippen LogP contribution is -2.70. The van der Waals surface area contributed by atoms with Crippen LogP contribution in [0.3, 0.4) is 0 Å². The molecule has 0 amide bonds. The minimum absolute atomic E-state index is 0.561. The molecule has 4 rings (SSSR count). The van der Waals surface area contributed by atoms with Crippen LogP contribution in [0.25, 0.3) is 22.3 Å². The Hall–Kier alpha value is -2.48. The standard InChI is InChI=1S/C21H12Cl3NO.BF4/c22-14-6-7-20-18(11-14)19(25-17-9-15(23)8-16(24)10-17)12-21(26-20)13-4-2-1-3-5-13;2-1(3,4)5/h1-12H;/q;-1/p+1. The molecular weight excluding hydrogens is 475 g/mol. The molecule has 4 aromatic rings. The number of nitrogens with one attached hydrogen (secondary N) is 1. The highest BCUT2D eigenvalue weighted by molar-refractivity contribution is 6.50. The summed E-state index contributed by atoms with van der Waals surface area (Å²) in [7, 11) is -6.00. The molecule has 2 nitrogen and oxygen atoms in total. The molecule has 0 saturated heterocycles. The normalized spacial score (nSPS) is 11.9. The minimum Gasteiger partial charge on any atom is -0.456 e. The van der Waals surface area contributed by atoms with Gasteiger partial charge in [0, 0.05) is 32.8 Å². The summed E-state index contributed by atoms with van der Waals surface area (Å²) in [6.07, 6.45) is 0. The highest BCUT2D eigenvalue weighted by Gasteiger charge is 2.20. The van der Waals surface area contributed by atoms with Crippen LogP contribution in [0.4, 0.5) is 23.0 Å². The summed E-state index contributed by atoms with van der Waals surface area (Å²) in [5, 5.41) is 3.48. The average Bonchev–Trinajstić information content (AvgIpc) is 2.67. The van der Waals surface area contributed by atoms with E-state index in [0.29, 0.717) is 15.1 Å². The second-order valence-electron chi connectivity index (χ2n) is 6.31. The summed E-state index contributed by atoms with van der Waals surface area (Å²) in [6.45, 7) is 0. The lowest BCUT2D eigenvalue weighted by Gasteiger charge is -2.03. The van der Waals surface area contributed by atoms with Gasteiger partial charge in [0.2, 0.25) is 11.0 Å². The van der Waals surface area contributed by atoms with Gasteiger partial charge in [-0.2, -0.15) is 0 Å². The molecule has 0 aliphatic rings. The maximum absolute atomic E-state index is 9.75. The Morgan fingerprint density at radius 3 is 1.94 bits per heavy atom. The van der Waals surface area contributed by atoms with E-state index in [1.807, 2.05) is 66.7 Å². The van der Waals surface area contributed by atoms with Crippen LogP contribution in [0.15, 0.2) is 77.2 Å². The van der Waals surface area contributed by atoms with Gasteiger partial charge in [-0.05, 0) is 24.3 Å². The van der Waals surface area contributed by atoms with Gasteiger partial charge in [0.1, 0.15) is 11.3 Å². The molecule has 0 aliphatic heterocycles. The molecule has 0 radical (unpaired) electrons. The third kappa shape index (κ3) is 7.02. The van der Waals surface area contributed by atoms with Gasteiger partial charge in [0.05, 0.1) is 11.5 Å². The van der Waals surface area contributed by atoms with Crippen LogP contribution in [0.5, 0.6) is 0 Å². The van der Waals surface area contributed by atoms with E-state index in [1.54, 1.807) is 6.07 Å². The summed E-state index contributed by atoms with van der Waals surface area (Å²) in [5.41, 5.74) is 2.50. The molecule has 0 atom stereocenters. The van der Waals surface area contributed by atoms with E-state index in [9.17, 15) is 17.3 Å². The third-order valence-electron chi connectivity index (χ3n) is 3.93. The number of halogens is 7. The first-order chi connectivity index (χ1) is 14.6. The summed E-state index contributed by atoms with van der Waals surface area (Å²) in [6, 6.07) is 22.7. The summed E-state index contributed by atoms with van der Waals surface area (Å²) in [5.74, 6) is 0.746. The lowest BCUT2D eigenvalue weighted by molar-refractivity contribution is -0.400. The highest BCUT2D eigenvalue weighted by Crippen LogP contribution is 2.24. The van der Waals surface area contributed by atoms with Crippen molar-refractivity contribution in [3.63, 3.8) is 0 Å². The van der Waals surface area contributed by atoms with Gasteiger partial charge >= 0.3 is 7.25 Å². The Labute approximate surface area is 189 Å². The van der Waals surface area contributed by atoms with Crippen LogP contribution in [-0.4, -0.2) is 7.25 Å². The van der Waals surface area contributed by atoms with Crippen LogP contribution in [0, 0.1) is 0 Å². The van der Waals surface area contributed by atoms with E-state index in [1.165, 1.54) is 0 Å². The number of fused-ring (bicyclic) bond motifs is 1. The smallest absolute Gasteiger partial charge is 0.456 e. The molecule has 3 aromatic carbocycles. The highest BCUT2D eigenvalue weighted by atomic mass is 35.5. The van der Waals surface area contributed by atoms with Gasteiger partial charge in [-0.1, -0.05) is 65.1 Å². The second-order valence-corrected chi connectivity index (χ2v) is 7.62. The molecule has 0 fully saturated rings. The Bertz CT molecular complexity index is 1250. The maximum atomic E-state index is 9.75. The predicted octanol–water partition coefficient (Wildman–Crippen LogP) is 6.67. The monoisotopic (exact) mass is 487 g/mol. The number of benzene rings is 3. The molecule has 1 N–H and O–H groups in total. The molecule has 1 aromatic heterocycles.